The Kier molecular flexibility index (Phi) is 3.74. The van der Waals surface area contributed by atoms with Crippen molar-refractivity contribution in [1.29, 1.82) is 0 Å². The fourth-order valence-electron chi connectivity index (χ4n) is 3.55. The molecule has 2 fully saturated rings. The number of nitrogens with one attached hydrogen (secondary N) is 1. The van der Waals surface area contributed by atoms with Crippen LogP contribution in [-0.2, 0) is 0 Å². The van der Waals surface area contributed by atoms with Gasteiger partial charge in [-0.15, -0.1) is 0 Å². The van der Waals surface area contributed by atoms with Gasteiger partial charge in [0, 0.05) is 24.3 Å². The summed E-state index contributed by atoms with van der Waals surface area (Å²) in [4.78, 5) is 7.00. The molecule has 3 rings (SSSR count). The molecule has 0 aromatic carbocycles. The number of aryl methyl sites for hydroxylation is 1. The summed E-state index contributed by atoms with van der Waals surface area (Å²) in [5, 5.41) is 3.85. The van der Waals surface area contributed by atoms with E-state index in [1.807, 2.05) is 6.20 Å². The van der Waals surface area contributed by atoms with Crippen LogP contribution in [0.5, 0.6) is 0 Å². The van der Waals surface area contributed by atoms with Crippen LogP contribution in [-0.4, -0.2) is 30.2 Å². The Morgan fingerprint density at radius 2 is 2.00 bits per heavy atom. The molecule has 104 valence electrons. The lowest BCUT2D eigenvalue weighted by Gasteiger charge is -2.40. The quantitative estimate of drug-likeness (QED) is 0.840. The maximum Gasteiger partial charge on any atom is 0.0553 e. The van der Waals surface area contributed by atoms with Crippen molar-refractivity contribution in [3.05, 3.63) is 24.0 Å². The van der Waals surface area contributed by atoms with E-state index in [2.05, 4.69) is 34.3 Å². The predicted molar refractivity (Wildman–Crippen MR) is 79.6 cm³/mol. The Hall–Kier alpha value is -1.09. The molecule has 0 atom stereocenters. The van der Waals surface area contributed by atoms with Gasteiger partial charge >= 0.3 is 0 Å². The van der Waals surface area contributed by atoms with Gasteiger partial charge in [-0.2, -0.15) is 0 Å². The average Bonchev–Trinajstić information content (AvgIpc) is 2.64. The molecule has 2 aliphatic rings. The van der Waals surface area contributed by atoms with Gasteiger partial charge in [0.1, 0.15) is 0 Å². The van der Waals surface area contributed by atoms with E-state index >= 15 is 0 Å². The van der Waals surface area contributed by atoms with E-state index in [0.717, 1.165) is 25.3 Å². The SMILES string of the molecule is Cc1ccc(N2CCCNC3(CCCCC3)C2)cn1. The largest absolute Gasteiger partial charge is 0.368 e. The summed E-state index contributed by atoms with van der Waals surface area (Å²) in [7, 11) is 0. The molecule has 1 aromatic rings. The minimum Gasteiger partial charge on any atom is -0.368 e. The third kappa shape index (κ3) is 2.92. The molecule has 19 heavy (non-hydrogen) atoms. The van der Waals surface area contributed by atoms with Gasteiger partial charge in [-0.25, -0.2) is 0 Å². The second-order valence-corrected chi connectivity index (χ2v) is 6.20. The van der Waals surface area contributed by atoms with Crippen LogP contribution in [0.15, 0.2) is 18.3 Å². The van der Waals surface area contributed by atoms with Gasteiger partial charge in [-0.1, -0.05) is 19.3 Å². The van der Waals surface area contributed by atoms with Gasteiger partial charge < -0.3 is 10.2 Å². The van der Waals surface area contributed by atoms with E-state index in [1.54, 1.807) is 0 Å². The summed E-state index contributed by atoms with van der Waals surface area (Å²) < 4.78 is 0. The molecule has 1 aliphatic heterocycles. The molecule has 1 N–H and O–H groups in total. The van der Waals surface area contributed by atoms with Gasteiger partial charge in [0.05, 0.1) is 11.9 Å². The summed E-state index contributed by atoms with van der Waals surface area (Å²) in [5.74, 6) is 0. The number of hydrogen-bond acceptors (Lipinski definition) is 3. The molecule has 0 amide bonds. The Balaban J connectivity index is 1.78. The van der Waals surface area contributed by atoms with Crippen molar-refractivity contribution in [3.8, 4) is 0 Å². The molecule has 3 nitrogen and oxygen atoms in total. The molecule has 2 heterocycles. The molecule has 1 saturated carbocycles. The highest BCUT2D eigenvalue weighted by atomic mass is 15.2. The van der Waals surface area contributed by atoms with Gasteiger partial charge in [0.25, 0.3) is 0 Å². The number of hydrogen-bond donors (Lipinski definition) is 1. The second-order valence-electron chi connectivity index (χ2n) is 6.20. The minimum atomic E-state index is 0.361. The van der Waals surface area contributed by atoms with Crippen molar-refractivity contribution in [2.45, 2.75) is 51.0 Å². The summed E-state index contributed by atoms with van der Waals surface area (Å²) in [5.41, 5.74) is 2.75. The van der Waals surface area contributed by atoms with E-state index < -0.39 is 0 Å². The summed E-state index contributed by atoms with van der Waals surface area (Å²) in [6.07, 6.45) is 10.1. The van der Waals surface area contributed by atoms with Crippen LogP contribution in [0.25, 0.3) is 0 Å². The zero-order chi connectivity index (χ0) is 13.1. The van der Waals surface area contributed by atoms with Crippen molar-refractivity contribution in [2.24, 2.45) is 0 Å². The van der Waals surface area contributed by atoms with Crippen molar-refractivity contribution in [3.63, 3.8) is 0 Å². The lowest BCUT2D eigenvalue weighted by molar-refractivity contribution is 0.246. The normalized spacial score (nSPS) is 23.3. The third-order valence-corrected chi connectivity index (χ3v) is 4.67. The predicted octanol–water partition coefficient (Wildman–Crippen LogP) is 2.89. The smallest absolute Gasteiger partial charge is 0.0553 e. The van der Waals surface area contributed by atoms with E-state index in [1.165, 1.54) is 44.2 Å². The van der Waals surface area contributed by atoms with Crippen LogP contribution < -0.4 is 10.2 Å². The lowest BCUT2D eigenvalue weighted by atomic mass is 9.81. The standard InChI is InChI=1S/C16H25N3/c1-14-6-7-15(12-17-14)19-11-5-10-18-16(13-19)8-3-2-4-9-16/h6-7,12,18H,2-5,8-11,13H2,1H3. The number of anilines is 1. The fourth-order valence-corrected chi connectivity index (χ4v) is 3.55. The number of rotatable bonds is 1. The molecule has 0 radical (unpaired) electrons. The van der Waals surface area contributed by atoms with Gasteiger partial charge in [-0.3, -0.25) is 4.98 Å². The molecule has 1 saturated heterocycles. The van der Waals surface area contributed by atoms with E-state index in [-0.39, 0.29) is 0 Å². The Labute approximate surface area is 116 Å². The lowest BCUT2D eigenvalue weighted by Crippen LogP contribution is -2.52. The summed E-state index contributed by atoms with van der Waals surface area (Å²) in [6, 6.07) is 4.35. The average molecular weight is 259 g/mol. The van der Waals surface area contributed by atoms with Crippen LogP contribution in [0, 0.1) is 6.92 Å². The van der Waals surface area contributed by atoms with Crippen LogP contribution in [0.4, 0.5) is 5.69 Å². The second kappa shape index (κ2) is 5.49. The monoisotopic (exact) mass is 259 g/mol. The highest BCUT2D eigenvalue weighted by Gasteiger charge is 2.34. The first kappa shape index (κ1) is 12.9. The van der Waals surface area contributed by atoms with E-state index in [9.17, 15) is 0 Å². The molecular formula is C16H25N3. The van der Waals surface area contributed by atoms with Crippen molar-refractivity contribution in [1.82, 2.24) is 10.3 Å². The Morgan fingerprint density at radius 3 is 2.74 bits per heavy atom. The minimum absolute atomic E-state index is 0.361. The van der Waals surface area contributed by atoms with Crippen LogP contribution >= 0.6 is 0 Å². The Bertz CT molecular complexity index is 407. The van der Waals surface area contributed by atoms with Crippen molar-refractivity contribution >= 4 is 5.69 Å². The van der Waals surface area contributed by atoms with Crippen LogP contribution in [0.2, 0.25) is 0 Å². The van der Waals surface area contributed by atoms with E-state index in [4.69, 9.17) is 0 Å². The first-order chi connectivity index (χ1) is 9.27. The molecular weight excluding hydrogens is 234 g/mol. The Morgan fingerprint density at radius 1 is 1.16 bits per heavy atom. The number of aromatic nitrogens is 1. The van der Waals surface area contributed by atoms with Crippen LogP contribution in [0.1, 0.15) is 44.2 Å². The zero-order valence-corrected chi connectivity index (χ0v) is 12.0. The maximum absolute atomic E-state index is 4.46. The van der Waals surface area contributed by atoms with E-state index in [0.29, 0.717) is 5.54 Å². The van der Waals surface area contributed by atoms with Gasteiger partial charge in [0.15, 0.2) is 0 Å². The van der Waals surface area contributed by atoms with Gasteiger partial charge in [-0.05, 0) is 44.9 Å². The molecule has 3 heteroatoms. The van der Waals surface area contributed by atoms with Crippen molar-refractivity contribution in [2.75, 3.05) is 24.5 Å². The fraction of sp³-hybridized carbons (Fsp3) is 0.688. The number of pyridine rings is 1. The first-order valence-corrected chi connectivity index (χ1v) is 7.70. The third-order valence-electron chi connectivity index (χ3n) is 4.67. The highest BCUT2D eigenvalue weighted by Crippen LogP contribution is 2.31. The zero-order valence-electron chi connectivity index (χ0n) is 12.0. The number of nitrogens with zero attached hydrogens (tertiary/aromatic N) is 2. The summed E-state index contributed by atoms with van der Waals surface area (Å²) in [6.45, 7) is 5.52. The molecule has 1 aliphatic carbocycles. The van der Waals surface area contributed by atoms with Crippen molar-refractivity contribution < 1.29 is 0 Å². The van der Waals surface area contributed by atoms with Crippen LogP contribution in [0.3, 0.4) is 0 Å². The highest BCUT2D eigenvalue weighted by molar-refractivity contribution is 5.45. The molecule has 0 unspecified atom stereocenters. The first-order valence-electron chi connectivity index (χ1n) is 7.70. The molecule has 0 bridgehead atoms. The molecule has 1 aromatic heterocycles. The maximum atomic E-state index is 4.46. The molecule has 1 spiro atoms. The van der Waals surface area contributed by atoms with Gasteiger partial charge in [0.2, 0.25) is 0 Å². The topological polar surface area (TPSA) is 28.2 Å². The summed E-state index contributed by atoms with van der Waals surface area (Å²) >= 11 is 0.